The topological polar surface area (TPSA) is 29.5 Å². The van der Waals surface area contributed by atoms with E-state index < -0.39 is 0 Å². The SMILES string of the molecule is Oc1ccc(Oc2ccccc2Cl)cc1Cl. The first-order valence-electron chi connectivity index (χ1n) is 4.58. The summed E-state index contributed by atoms with van der Waals surface area (Å²) in [5.41, 5.74) is 0. The number of para-hydroxylation sites is 1. The van der Waals surface area contributed by atoms with Crippen molar-refractivity contribution in [2.45, 2.75) is 0 Å². The zero-order valence-electron chi connectivity index (χ0n) is 8.15. The molecule has 0 aliphatic carbocycles. The number of hydrogen-bond acceptors (Lipinski definition) is 2. The fourth-order valence-electron chi connectivity index (χ4n) is 1.21. The highest BCUT2D eigenvalue weighted by Gasteiger charge is 2.04. The summed E-state index contributed by atoms with van der Waals surface area (Å²) in [4.78, 5) is 0. The third kappa shape index (κ3) is 2.40. The smallest absolute Gasteiger partial charge is 0.146 e. The van der Waals surface area contributed by atoms with Gasteiger partial charge >= 0.3 is 0 Å². The van der Waals surface area contributed by atoms with Gasteiger partial charge in [-0.3, -0.25) is 0 Å². The summed E-state index contributed by atoms with van der Waals surface area (Å²) in [7, 11) is 0. The molecule has 0 fully saturated rings. The molecule has 0 aromatic heterocycles. The summed E-state index contributed by atoms with van der Waals surface area (Å²) in [6, 6.07) is 11.7. The fraction of sp³-hybridized carbons (Fsp3) is 0. The number of aromatic hydroxyl groups is 1. The van der Waals surface area contributed by atoms with Gasteiger partial charge in [0.1, 0.15) is 17.2 Å². The maximum absolute atomic E-state index is 9.25. The summed E-state index contributed by atoms with van der Waals surface area (Å²) in [5.74, 6) is 1.09. The third-order valence-electron chi connectivity index (χ3n) is 1.98. The standard InChI is InChI=1S/C12H8Cl2O2/c13-9-3-1-2-4-12(9)16-8-5-6-11(15)10(14)7-8/h1-7,15H. The van der Waals surface area contributed by atoms with E-state index in [1.807, 2.05) is 12.1 Å². The molecular formula is C12H8Cl2O2. The van der Waals surface area contributed by atoms with Crippen molar-refractivity contribution in [2.75, 3.05) is 0 Å². The molecule has 2 nitrogen and oxygen atoms in total. The van der Waals surface area contributed by atoms with Crippen LogP contribution in [0.4, 0.5) is 0 Å². The molecule has 2 aromatic rings. The fourth-order valence-corrected chi connectivity index (χ4v) is 1.55. The molecule has 0 radical (unpaired) electrons. The second kappa shape index (κ2) is 4.64. The van der Waals surface area contributed by atoms with Crippen molar-refractivity contribution in [1.82, 2.24) is 0 Å². The normalized spacial score (nSPS) is 10.1. The number of benzene rings is 2. The van der Waals surface area contributed by atoms with Gasteiger partial charge in [0.2, 0.25) is 0 Å². The van der Waals surface area contributed by atoms with Crippen molar-refractivity contribution >= 4 is 23.2 Å². The second-order valence-corrected chi connectivity index (χ2v) is 3.96. The van der Waals surface area contributed by atoms with Crippen LogP contribution in [0.5, 0.6) is 17.2 Å². The molecule has 2 rings (SSSR count). The van der Waals surface area contributed by atoms with Crippen LogP contribution in [0.3, 0.4) is 0 Å². The molecule has 16 heavy (non-hydrogen) atoms. The van der Waals surface area contributed by atoms with Crippen molar-refractivity contribution in [3.63, 3.8) is 0 Å². The zero-order valence-corrected chi connectivity index (χ0v) is 9.66. The Balaban J connectivity index is 2.28. The van der Waals surface area contributed by atoms with Crippen LogP contribution in [0.2, 0.25) is 10.0 Å². The van der Waals surface area contributed by atoms with E-state index in [9.17, 15) is 5.11 Å². The van der Waals surface area contributed by atoms with Gasteiger partial charge < -0.3 is 9.84 Å². The van der Waals surface area contributed by atoms with E-state index in [0.29, 0.717) is 16.5 Å². The second-order valence-electron chi connectivity index (χ2n) is 3.15. The molecule has 1 N–H and O–H groups in total. The van der Waals surface area contributed by atoms with Crippen LogP contribution >= 0.6 is 23.2 Å². The highest BCUT2D eigenvalue weighted by Crippen LogP contribution is 2.32. The van der Waals surface area contributed by atoms with Gasteiger partial charge in [-0.15, -0.1) is 0 Å². The molecule has 2 aromatic carbocycles. The maximum Gasteiger partial charge on any atom is 0.146 e. The quantitative estimate of drug-likeness (QED) is 0.856. The lowest BCUT2D eigenvalue weighted by molar-refractivity contribution is 0.464. The summed E-state index contributed by atoms with van der Waals surface area (Å²) in [5, 5.41) is 10.0. The Hall–Kier alpha value is -1.38. The predicted molar refractivity (Wildman–Crippen MR) is 64.6 cm³/mol. The van der Waals surface area contributed by atoms with E-state index in [2.05, 4.69) is 0 Å². The molecule has 0 bridgehead atoms. The number of halogens is 2. The molecule has 82 valence electrons. The van der Waals surface area contributed by atoms with Crippen LogP contribution in [0.25, 0.3) is 0 Å². The first-order chi connectivity index (χ1) is 7.66. The van der Waals surface area contributed by atoms with Crippen molar-refractivity contribution in [3.05, 3.63) is 52.5 Å². The van der Waals surface area contributed by atoms with Crippen LogP contribution in [0, 0.1) is 0 Å². The highest BCUT2D eigenvalue weighted by molar-refractivity contribution is 6.32. The molecule has 4 heteroatoms. The Bertz CT molecular complexity index is 512. The Morgan fingerprint density at radius 1 is 0.938 bits per heavy atom. The summed E-state index contributed by atoms with van der Waals surface area (Å²) < 4.78 is 5.52. The lowest BCUT2D eigenvalue weighted by Gasteiger charge is -2.07. The minimum Gasteiger partial charge on any atom is -0.506 e. The van der Waals surface area contributed by atoms with E-state index in [4.69, 9.17) is 27.9 Å². The Morgan fingerprint density at radius 2 is 1.69 bits per heavy atom. The van der Waals surface area contributed by atoms with Gasteiger partial charge in [-0.05, 0) is 24.3 Å². The Labute approximate surface area is 103 Å². The van der Waals surface area contributed by atoms with Crippen LogP contribution in [-0.2, 0) is 0 Å². The lowest BCUT2D eigenvalue weighted by Crippen LogP contribution is -1.84. The molecule has 0 aliphatic heterocycles. The maximum atomic E-state index is 9.25. The van der Waals surface area contributed by atoms with E-state index in [0.717, 1.165) is 0 Å². The number of hydrogen-bond donors (Lipinski definition) is 1. The van der Waals surface area contributed by atoms with Crippen LogP contribution in [-0.4, -0.2) is 5.11 Å². The molecule has 0 unspecified atom stereocenters. The summed E-state index contributed by atoms with van der Waals surface area (Å²) in [6.45, 7) is 0. The van der Waals surface area contributed by atoms with Gasteiger partial charge in [0.15, 0.2) is 0 Å². The van der Waals surface area contributed by atoms with Crippen molar-refractivity contribution < 1.29 is 9.84 Å². The molecule has 0 saturated heterocycles. The third-order valence-corrected chi connectivity index (χ3v) is 2.60. The molecular weight excluding hydrogens is 247 g/mol. The molecule has 0 amide bonds. The van der Waals surface area contributed by atoms with Gasteiger partial charge in [-0.1, -0.05) is 35.3 Å². The first-order valence-corrected chi connectivity index (χ1v) is 5.33. The van der Waals surface area contributed by atoms with Crippen molar-refractivity contribution in [2.24, 2.45) is 0 Å². The van der Waals surface area contributed by atoms with Gasteiger partial charge in [-0.2, -0.15) is 0 Å². The van der Waals surface area contributed by atoms with Crippen LogP contribution < -0.4 is 4.74 Å². The minimum atomic E-state index is 0.0215. The van der Waals surface area contributed by atoms with Crippen LogP contribution in [0.1, 0.15) is 0 Å². The summed E-state index contributed by atoms with van der Waals surface area (Å²) >= 11 is 11.7. The number of ether oxygens (including phenoxy) is 1. The number of phenolic OH excluding ortho intramolecular Hbond substituents is 1. The Kier molecular flexibility index (Phi) is 3.22. The average Bonchev–Trinajstić information content (AvgIpc) is 2.27. The average molecular weight is 255 g/mol. The van der Waals surface area contributed by atoms with E-state index in [1.165, 1.54) is 12.1 Å². The number of phenols is 1. The van der Waals surface area contributed by atoms with E-state index in [1.54, 1.807) is 18.2 Å². The van der Waals surface area contributed by atoms with Gasteiger partial charge in [0, 0.05) is 6.07 Å². The molecule has 0 saturated carbocycles. The Morgan fingerprint density at radius 3 is 2.38 bits per heavy atom. The van der Waals surface area contributed by atoms with E-state index in [-0.39, 0.29) is 10.8 Å². The lowest BCUT2D eigenvalue weighted by atomic mass is 10.3. The van der Waals surface area contributed by atoms with E-state index >= 15 is 0 Å². The molecule has 0 spiro atoms. The predicted octanol–water partition coefficient (Wildman–Crippen LogP) is 4.49. The summed E-state index contributed by atoms with van der Waals surface area (Å²) in [6.07, 6.45) is 0. The highest BCUT2D eigenvalue weighted by atomic mass is 35.5. The first kappa shape index (κ1) is 11.1. The van der Waals surface area contributed by atoms with Crippen LogP contribution in [0.15, 0.2) is 42.5 Å². The monoisotopic (exact) mass is 254 g/mol. The molecule has 0 heterocycles. The largest absolute Gasteiger partial charge is 0.506 e. The van der Waals surface area contributed by atoms with Crippen molar-refractivity contribution in [3.8, 4) is 17.2 Å². The minimum absolute atomic E-state index is 0.0215. The van der Waals surface area contributed by atoms with Gasteiger partial charge in [-0.25, -0.2) is 0 Å². The van der Waals surface area contributed by atoms with Gasteiger partial charge in [0.05, 0.1) is 10.0 Å². The van der Waals surface area contributed by atoms with Gasteiger partial charge in [0.25, 0.3) is 0 Å². The van der Waals surface area contributed by atoms with Crippen molar-refractivity contribution in [1.29, 1.82) is 0 Å². The zero-order chi connectivity index (χ0) is 11.5. The molecule has 0 aliphatic rings. The number of rotatable bonds is 2. The molecule has 0 atom stereocenters.